The smallest absolute Gasteiger partial charge is 0.326 e. The number of piperidine rings is 1. The summed E-state index contributed by atoms with van der Waals surface area (Å²) in [6.45, 7) is 6.66. The molecular formula is C15H20N4O2. The zero-order valence-electron chi connectivity index (χ0n) is 12.6. The van der Waals surface area contributed by atoms with Crippen molar-refractivity contribution < 1.29 is 9.90 Å². The molecule has 1 fully saturated rings. The Morgan fingerprint density at radius 1 is 1.48 bits per heavy atom. The summed E-state index contributed by atoms with van der Waals surface area (Å²) in [5.41, 5.74) is 1.47. The number of hydrogen-bond donors (Lipinski definition) is 1. The first kappa shape index (κ1) is 13.9. The van der Waals surface area contributed by atoms with E-state index in [1.54, 1.807) is 16.9 Å². The molecule has 21 heavy (non-hydrogen) atoms. The first-order valence-corrected chi connectivity index (χ1v) is 7.20. The van der Waals surface area contributed by atoms with Gasteiger partial charge in [0.25, 0.3) is 0 Å². The van der Waals surface area contributed by atoms with E-state index in [2.05, 4.69) is 10.1 Å². The van der Waals surface area contributed by atoms with E-state index in [1.165, 1.54) is 0 Å². The van der Waals surface area contributed by atoms with Crippen LogP contribution in [0.15, 0.2) is 18.5 Å². The lowest BCUT2D eigenvalue weighted by molar-refractivity contribution is -0.142. The van der Waals surface area contributed by atoms with E-state index >= 15 is 0 Å². The quantitative estimate of drug-likeness (QED) is 0.916. The minimum Gasteiger partial charge on any atom is -0.480 e. The third-order valence-electron chi connectivity index (χ3n) is 4.27. The fraction of sp³-hybridized carbons (Fsp3) is 0.533. The van der Waals surface area contributed by atoms with Crippen LogP contribution in [0.5, 0.6) is 0 Å². The molecule has 1 aliphatic rings. The van der Waals surface area contributed by atoms with Crippen molar-refractivity contribution in [2.45, 2.75) is 39.7 Å². The van der Waals surface area contributed by atoms with Gasteiger partial charge in [0.2, 0.25) is 0 Å². The molecule has 0 spiro atoms. The number of aliphatic carboxylic acids is 1. The highest BCUT2D eigenvalue weighted by atomic mass is 16.4. The molecule has 0 saturated carbocycles. The Labute approximate surface area is 123 Å². The molecule has 6 heteroatoms. The van der Waals surface area contributed by atoms with Gasteiger partial charge in [0.1, 0.15) is 11.6 Å². The molecule has 1 atom stereocenters. The number of carboxylic acid groups (broad SMARTS) is 1. The van der Waals surface area contributed by atoms with Crippen LogP contribution in [0.1, 0.15) is 32.4 Å². The summed E-state index contributed by atoms with van der Waals surface area (Å²) in [6.07, 6.45) is 5.33. The fourth-order valence-electron chi connectivity index (χ4n) is 3.34. The highest BCUT2D eigenvalue weighted by Crippen LogP contribution is 2.38. The second kappa shape index (κ2) is 4.72. The first-order chi connectivity index (χ1) is 9.90. The van der Waals surface area contributed by atoms with Gasteiger partial charge in [-0.05, 0) is 31.2 Å². The Bertz CT molecular complexity index is 692. The number of carbonyl (C=O) groups is 1. The molecule has 112 valence electrons. The average molecular weight is 288 g/mol. The van der Waals surface area contributed by atoms with Crippen LogP contribution in [0.2, 0.25) is 0 Å². The Balaban J connectivity index is 2.13. The molecule has 1 aliphatic heterocycles. The van der Waals surface area contributed by atoms with Gasteiger partial charge >= 0.3 is 5.97 Å². The fourth-order valence-corrected chi connectivity index (χ4v) is 3.34. The minimum absolute atomic E-state index is 0.284. The standard InChI is InChI=1S/C15H20N4O2/c1-10-9-11-13(16-6-8-19(11)17-10)18-7-4-5-15(2,3)12(18)14(20)21/h6,8-9,12H,4-5,7H2,1-3H3,(H,20,21). The molecule has 0 bridgehead atoms. The molecule has 1 unspecified atom stereocenters. The normalized spacial score (nSPS) is 21.7. The van der Waals surface area contributed by atoms with Crippen molar-refractivity contribution in [1.82, 2.24) is 14.6 Å². The van der Waals surface area contributed by atoms with Crippen molar-refractivity contribution in [1.29, 1.82) is 0 Å². The average Bonchev–Trinajstić information content (AvgIpc) is 2.76. The van der Waals surface area contributed by atoms with Crippen molar-refractivity contribution in [3.05, 3.63) is 24.2 Å². The molecule has 1 N–H and O–H groups in total. The molecule has 0 aliphatic carbocycles. The zero-order chi connectivity index (χ0) is 15.2. The number of anilines is 1. The highest BCUT2D eigenvalue weighted by Gasteiger charge is 2.43. The summed E-state index contributed by atoms with van der Waals surface area (Å²) in [6, 6.07) is 1.38. The van der Waals surface area contributed by atoms with Gasteiger partial charge in [0.15, 0.2) is 5.82 Å². The van der Waals surface area contributed by atoms with E-state index in [1.807, 2.05) is 31.7 Å². The van der Waals surface area contributed by atoms with Crippen LogP contribution in [0.4, 0.5) is 5.82 Å². The van der Waals surface area contributed by atoms with E-state index in [9.17, 15) is 9.90 Å². The third-order valence-corrected chi connectivity index (χ3v) is 4.27. The molecule has 3 heterocycles. The molecule has 2 aromatic heterocycles. The molecule has 0 aromatic carbocycles. The maximum atomic E-state index is 11.8. The number of fused-ring (bicyclic) bond motifs is 1. The van der Waals surface area contributed by atoms with E-state index in [-0.39, 0.29) is 5.41 Å². The SMILES string of the molecule is Cc1cc2c(N3CCCC(C)(C)C3C(=O)O)nccn2n1. The van der Waals surface area contributed by atoms with Crippen LogP contribution >= 0.6 is 0 Å². The number of nitrogens with zero attached hydrogens (tertiary/aromatic N) is 4. The lowest BCUT2D eigenvalue weighted by atomic mass is 9.76. The van der Waals surface area contributed by atoms with Gasteiger partial charge in [-0.1, -0.05) is 13.8 Å². The van der Waals surface area contributed by atoms with Gasteiger partial charge in [-0.25, -0.2) is 14.3 Å². The summed E-state index contributed by atoms with van der Waals surface area (Å²) in [4.78, 5) is 18.2. The lowest BCUT2D eigenvalue weighted by Gasteiger charge is -2.44. The molecule has 0 radical (unpaired) electrons. The van der Waals surface area contributed by atoms with Crippen molar-refractivity contribution in [2.75, 3.05) is 11.4 Å². The van der Waals surface area contributed by atoms with Gasteiger partial charge in [-0.3, -0.25) is 0 Å². The van der Waals surface area contributed by atoms with Crippen LogP contribution in [-0.4, -0.2) is 38.3 Å². The Hall–Kier alpha value is -2.11. The first-order valence-electron chi connectivity index (χ1n) is 7.20. The molecule has 1 saturated heterocycles. The van der Waals surface area contributed by atoms with E-state index in [0.29, 0.717) is 12.4 Å². The number of carboxylic acids is 1. The molecule has 3 rings (SSSR count). The lowest BCUT2D eigenvalue weighted by Crippen LogP contribution is -2.54. The maximum absolute atomic E-state index is 11.8. The number of aryl methyl sites for hydroxylation is 1. The predicted octanol–water partition coefficient (Wildman–Crippen LogP) is 2.12. The number of hydrogen-bond acceptors (Lipinski definition) is 4. The summed E-state index contributed by atoms with van der Waals surface area (Å²) in [7, 11) is 0. The van der Waals surface area contributed by atoms with Crippen LogP contribution < -0.4 is 4.90 Å². The van der Waals surface area contributed by atoms with Crippen LogP contribution in [-0.2, 0) is 4.79 Å². The predicted molar refractivity (Wildman–Crippen MR) is 79.5 cm³/mol. The monoisotopic (exact) mass is 288 g/mol. The third kappa shape index (κ3) is 2.24. The largest absolute Gasteiger partial charge is 0.480 e. The number of aromatic nitrogens is 3. The summed E-state index contributed by atoms with van der Waals surface area (Å²) < 4.78 is 1.76. The van der Waals surface area contributed by atoms with Crippen molar-refractivity contribution in [3.8, 4) is 0 Å². The molecular weight excluding hydrogens is 268 g/mol. The van der Waals surface area contributed by atoms with Gasteiger partial charge < -0.3 is 10.0 Å². The summed E-state index contributed by atoms with van der Waals surface area (Å²) in [5, 5.41) is 14.1. The van der Waals surface area contributed by atoms with Crippen LogP contribution in [0.3, 0.4) is 0 Å². The zero-order valence-corrected chi connectivity index (χ0v) is 12.6. The van der Waals surface area contributed by atoms with Crippen LogP contribution in [0, 0.1) is 12.3 Å². The summed E-state index contributed by atoms with van der Waals surface area (Å²) in [5.74, 6) is -0.0852. The van der Waals surface area contributed by atoms with Gasteiger partial charge in [0.05, 0.1) is 5.69 Å². The second-order valence-electron chi connectivity index (χ2n) is 6.39. The van der Waals surface area contributed by atoms with Gasteiger partial charge in [-0.15, -0.1) is 0 Å². The van der Waals surface area contributed by atoms with Crippen molar-refractivity contribution >= 4 is 17.3 Å². The van der Waals surface area contributed by atoms with Crippen molar-refractivity contribution in [2.24, 2.45) is 5.41 Å². The van der Waals surface area contributed by atoms with Crippen molar-refractivity contribution in [3.63, 3.8) is 0 Å². The van der Waals surface area contributed by atoms with Gasteiger partial charge in [0, 0.05) is 18.9 Å². The van der Waals surface area contributed by atoms with Crippen LogP contribution in [0.25, 0.3) is 5.52 Å². The second-order valence-corrected chi connectivity index (χ2v) is 6.39. The van der Waals surface area contributed by atoms with Gasteiger partial charge in [-0.2, -0.15) is 5.10 Å². The topological polar surface area (TPSA) is 70.7 Å². The highest BCUT2D eigenvalue weighted by molar-refractivity contribution is 5.82. The Kier molecular flexibility index (Phi) is 3.11. The molecule has 2 aromatic rings. The Morgan fingerprint density at radius 3 is 2.95 bits per heavy atom. The number of rotatable bonds is 2. The molecule has 0 amide bonds. The van der Waals surface area contributed by atoms with E-state index in [0.717, 1.165) is 24.1 Å². The van der Waals surface area contributed by atoms with E-state index in [4.69, 9.17) is 0 Å². The maximum Gasteiger partial charge on any atom is 0.326 e. The van der Waals surface area contributed by atoms with E-state index < -0.39 is 12.0 Å². The summed E-state index contributed by atoms with van der Waals surface area (Å²) >= 11 is 0. The minimum atomic E-state index is -0.792. The Morgan fingerprint density at radius 2 is 2.24 bits per heavy atom. The molecule has 6 nitrogen and oxygen atoms in total.